The molecular formula is C10H11NO2S. The summed E-state index contributed by atoms with van der Waals surface area (Å²) < 4.78 is 0. The number of nitrogens with zero attached hydrogens (tertiary/aromatic N) is 1. The Labute approximate surface area is 87.0 Å². The average Bonchev–Trinajstić information content (AvgIpc) is 2.19. The molecule has 0 bridgehead atoms. The topological polar surface area (TPSA) is 43.1 Å². The first-order chi connectivity index (χ1) is 6.63. The summed E-state index contributed by atoms with van der Waals surface area (Å²) in [7, 11) is 0. The summed E-state index contributed by atoms with van der Waals surface area (Å²) in [5.74, 6) is 0. The molecule has 0 saturated heterocycles. The maximum atomic E-state index is 10.4. The number of thioether (sulfide) groups is 1. The van der Waals surface area contributed by atoms with Gasteiger partial charge in [0.05, 0.1) is 4.92 Å². The maximum absolute atomic E-state index is 10.4. The van der Waals surface area contributed by atoms with Crippen LogP contribution in [-0.2, 0) is 0 Å². The Hall–Kier alpha value is -1.29. The normalized spacial score (nSPS) is 11.4. The Morgan fingerprint density at radius 3 is 2.43 bits per heavy atom. The molecule has 1 aromatic rings. The van der Waals surface area contributed by atoms with Crippen molar-refractivity contribution >= 4 is 17.8 Å². The number of allylic oxidation sites excluding steroid dienone is 1. The second-order valence-electron chi connectivity index (χ2n) is 2.82. The summed E-state index contributed by atoms with van der Waals surface area (Å²) in [4.78, 5) is 11.1. The lowest BCUT2D eigenvalue weighted by Gasteiger charge is -1.96. The van der Waals surface area contributed by atoms with Gasteiger partial charge in [-0.15, -0.1) is 11.8 Å². The van der Waals surface area contributed by atoms with Crippen molar-refractivity contribution in [2.45, 2.75) is 11.8 Å². The fourth-order valence-corrected chi connectivity index (χ4v) is 1.40. The number of hydrogen-bond donors (Lipinski definition) is 0. The molecule has 0 aromatic heterocycles. The molecule has 0 atom stereocenters. The van der Waals surface area contributed by atoms with Gasteiger partial charge < -0.3 is 0 Å². The summed E-state index contributed by atoms with van der Waals surface area (Å²) >= 11 is 1.65. The Bertz CT molecular complexity index is 357. The van der Waals surface area contributed by atoms with Crippen LogP contribution in [0.5, 0.6) is 0 Å². The lowest BCUT2D eigenvalue weighted by atomic mass is 10.2. The number of benzene rings is 1. The van der Waals surface area contributed by atoms with Crippen molar-refractivity contribution in [3.63, 3.8) is 0 Å². The Morgan fingerprint density at radius 2 is 2.00 bits per heavy atom. The molecule has 1 aromatic carbocycles. The van der Waals surface area contributed by atoms with Gasteiger partial charge in [-0.1, -0.05) is 12.1 Å². The van der Waals surface area contributed by atoms with E-state index in [0.717, 1.165) is 10.5 Å². The lowest BCUT2D eigenvalue weighted by Crippen LogP contribution is -1.92. The molecule has 0 aliphatic heterocycles. The minimum absolute atomic E-state index is 0.155. The van der Waals surface area contributed by atoms with Crippen LogP contribution < -0.4 is 0 Å². The highest BCUT2D eigenvalue weighted by Crippen LogP contribution is 2.16. The Morgan fingerprint density at radius 1 is 1.43 bits per heavy atom. The van der Waals surface area contributed by atoms with Crippen LogP contribution in [0.25, 0.3) is 6.08 Å². The van der Waals surface area contributed by atoms with E-state index in [0.29, 0.717) is 0 Å². The van der Waals surface area contributed by atoms with Crippen LogP contribution in [0.2, 0.25) is 0 Å². The van der Waals surface area contributed by atoms with Crippen molar-refractivity contribution in [3.8, 4) is 0 Å². The molecule has 0 radical (unpaired) electrons. The molecule has 0 heterocycles. The molecule has 3 nitrogen and oxygen atoms in total. The quantitative estimate of drug-likeness (QED) is 0.436. The van der Waals surface area contributed by atoms with Crippen LogP contribution in [0.3, 0.4) is 0 Å². The van der Waals surface area contributed by atoms with Crippen LogP contribution in [0.15, 0.2) is 34.9 Å². The van der Waals surface area contributed by atoms with Crippen molar-refractivity contribution < 1.29 is 4.92 Å². The van der Waals surface area contributed by atoms with Gasteiger partial charge >= 0.3 is 0 Å². The van der Waals surface area contributed by atoms with Gasteiger partial charge in [0.1, 0.15) is 0 Å². The highest BCUT2D eigenvalue weighted by Gasteiger charge is 2.01. The van der Waals surface area contributed by atoms with Gasteiger partial charge in [0, 0.05) is 17.9 Å². The third kappa shape index (κ3) is 2.88. The molecular weight excluding hydrogens is 198 g/mol. The average molecular weight is 209 g/mol. The maximum Gasteiger partial charge on any atom is 0.243 e. The molecule has 74 valence electrons. The zero-order valence-corrected chi connectivity index (χ0v) is 8.88. The summed E-state index contributed by atoms with van der Waals surface area (Å²) in [5.41, 5.74) is 1.01. The fourth-order valence-electron chi connectivity index (χ4n) is 0.994. The first kappa shape index (κ1) is 10.8. The molecule has 0 saturated carbocycles. The molecule has 0 fully saturated rings. The van der Waals surface area contributed by atoms with Crippen LogP contribution >= 0.6 is 11.8 Å². The highest BCUT2D eigenvalue weighted by atomic mass is 32.2. The van der Waals surface area contributed by atoms with E-state index in [1.165, 1.54) is 6.92 Å². The van der Waals surface area contributed by atoms with Crippen LogP contribution in [0, 0.1) is 10.1 Å². The zero-order valence-electron chi connectivity index (χ0n) is 8.06. The molecule has 0 N–H and O–H groups in total. The lowest BCUT2D eigenvalue weighted by molar-refractivity contribution is -0.422. The molecule has 0 aliphatic rings. The van der Waals surface area contributed by atoms with E-state index in [1.807, 2.05) is 30.5 Å². The van der Waals surface area contributed by atoms with E-state index >= 15 is 0 Å². The van der Waals surface area contributed by atoms with Gasteiger partial charge in [0.15, 0.2) is 0 Å². The minimum Gasteiger partial charge on any atom is -0.259 e. The molecule has 1 rings (SSSR count). The molecule has 0 amide bonds. The second kappa shape index (κ2) is 4.81. The smallest absolute Gasteiger partial charge is 0.243 e. The van der Waals surface area contributed by atoms with Crippen molar-refractivity contribution in [1.29, 1.82) is 0 Å². The van der Waals surface area contributed by atoms with Gasteiger partial charge in [-0.05, 0) is 24.0 Å². The number of rotatable bonds is 3. The minimum atomic E-state index is -0.386. The predicted octanol–water partition coefficient (Wildman–Crippen LogP) is 3.05. The molecule has 4 heteroatoms. The molecule has 0 spiro atoms. The van der Waals surface area contributed by atoms with Gasteiger partial charge in [0.2, 0.25) is 5.70 Å². The summed E-state index contributed by atoms with van der Waals surface area (Å²) in [5, 5.41) is 10.4. The van der Waals surface area contributed by atoms with Crippen LogP contribution in [0.1, 0.15) is 12.5 Å². The third-order valence-corrected chi connectivity index (χ3v) is 2.52. The summed E-state index contributed by atoms with van der Waals surface area (Å²) in [6.07, 6.45) is 3.55. The number of hydrogen-bond acceptors (Lipinski definition) is 3. The molecule has 0 unspecified atom stereocenters. The summed E-state index contributed by atoms with van der Waals surface area (Å²) in [6, 6.07) is 7.64. The fraction of sp³-hybridized carbons (Fsp3) is 0.200. The third-order valence-electron chi connectivity index (χ3n) is 1.78. The Balaban J connectivity index is 2.88. The molecule has 0 aliphatic carbocycles. The van der Waals surface area contributed by atoms with Crippen molar-refractivity contribution in [2.24, 2.45) is 0 Å². The second-order valence-corrected chi connectivity index (χ2v) is 3.70. The first-order valence-corrected chi connectivity index (χ1v) is 5.32. The van der Waals surface area contributed by atoms with E-state index < -0.39 is 0 Å². The van der Waals surface area contributed by atoms with E-state index in [9.17, 15) is 10.1 Å². The number of nitro groups is 1. The van der Waals surface area contributed by atoms with E-state index in [2.05, 4.69) is 0 Å². The summed E-state index contributed by atoms with van der Waals surface area (Å²) in [6.45, 7) is 1.49. The first-order valence-electron chi connectivity index (χ1n) is 4.10. The van der Waals surface area contributed by atoms with Gasteiger partial charge in [-0.25, -0.2) is 0 Å². The van der Waals surface area contributed by atoms with Gasteiger partial charge in [0.25, 0.3) is 0 Å². The SMILES string of the molecule is CSc1ccc(/C=C(/C)[N+](=O)[O-])cc1. The highest BCUT2D eigenvalue weighted by molar-refractivity contribution is 7.98. The zero-order chi connectivity index (χ0) is 10.6. The molecule has 14 heavy (non-hydrogen) atoms. The van der Waals surface area contributed by atoms with Gasteiger partial charge in [-0.2, -0.15) is 0 Å². The monoisotopic (exact) mass is 209 g/mol. The van der Waals surface area contributed by atoms with Crippen LogP contribution in [-0.4, -0.2) is 11.2 Å². The van der Waals surface area contributed by atoms with Crippen molar-refractivity contribution in [3.05, 3.63) is 45.6 Å². The van der Waals surface area contributed by atoms with E-state index in [-0.39, 0.29) is 10.6 Å². The van der Waals surface area contributed by atoms with E-state index in [1.54, 1.807) is 17.8 Å². The predicted molar refractivity (Wildman–Crippen MR) is 58.9 cm³/mol. The van der Waals surface area contributed by atoms with Crippen LogP contribution in [0.4, 0.5) is 0 Å². The van der Waals surface area contributed by atoms with Gasteiger partial charge in [-0.3, -0.25) is 10.1 Å². The largest absolute Gasteiger partial charge is 0.259 e. The standard InChI is InChI=1S/C10H11NO2S/c1-8(11(12)13)7-9-3-5-10(14-2)6-4-9/h3-7H,1-2H3/b8-7-. The van der Waals surface area contributed by atoms with E-state index in [4.69, 9.17) is 0 Å². The van der Waals surface area contributed by atoms with Crippen molar-refractivity contribution in [2.75, 3.05) is 6.26 Å². The Kier molecular flexibility index (Phi) is 3.71. The van der Waals surface area contributed by atoms with Crippen molar-refractivity contribution in [1.82, 2.24) is 0 Å².